The molecule has 4 aliphatic heterocycles. The van der Waals surface area contributed by atoms with E-state index >= 15 is 0 Å². The minimum Gasteiger partial charge on any atom is -0.459 e. The molecular weight excluding hydrogens is 586 g/mol. The molecule has 4 rings (SSSR count). The second-order valence-electron chi connectivity index (χ2n) is 12.8. The number of rotatable bonds is 2. The van der Waals surface area contributed by atoms with Crippen LogP contribution in [0.3, 0.4) is 0 Å². The first kappa shape index (κ1) is 35.9. The van der Waals surface area contributed by atoms with Gasteiger partial charge in [0.1, 0.15) is 18.3 Å². The number of hydrogen-bond acceptors (Lipinski definition) is 12. The molecule has 254 valence electrons. The zero-order valence-electron chi connectivity index (χ0n) is 26.3. The van der Waals surface area contributed by atoms with E-state index < -0.39 is 66.8 Å². The molecule has 0 aromatic carbocycles. The average Bonchev–Trinajstić information content (AvgIpc) is 3.71. The van der Waals surface area contributed by atoms with E-state index in [1.165, 1.54) is 6.08 Å². The van der Waals surface area contributed by atoms with Crippen molar-refractivity contribution in [3.63, 3.8) is 0 Å². The lowest BCUT2D eigenvalue weighted by atomic mass is 9.84. The molecule has 4 heterocycles. The number of carbonyl (C=O) groups is 1. The zero-order valence-corrected chi connectivity index (χ0v) is 26.3. The van der Waals surface area contributed by atoms with E-state index in [2.05, 4.69) is 0 Å². The lowest BCUT2D eigenvalue weighted by molar-refractivity contribution is -0.308. The maximum atomic E-state index is 12.2. The minimum absolute atomic E-state index is 0.0859. The average molecular weight is 638 g/mol. The summed E-state index contributed by atoms with van der Waals surface area (Å²) in [4.78, 5) is 12.2. The van der Waals surface area contributed by atoms with Gasteiger partial charge in [-0.2, -0.15) is 0 Å². The number of esters is 1. The van der Waals surface area contributed by atoms with Gasteiger partial charge in [0, 0.05) is 44.1 Å². The van der Waals surface area contributed by atoms with Gasteiger partial charge in [0.25, 0.3) is 0 Å². The molecule has 0 amide bonds. The van der Waals surface area contributed by atoms with Crippen LogP contribution in [-0.4, -0.2) is 111 Å². The maximum Gasteiger partial charge on any atom is 0.330 e. The van der Waals surface area contributed by atoms with Gasteiger partial charge in [-0.25, -0.2) is 4.79 Å². The molecule has 0 aromatic rings. The smallest absolute Gasteiger partial charge is 0.330 e. The van der Waals surface area contributed by atoms with E-state index in [0.717, 1.165) is 6.42 Å². The van der Waals surface area contributed by atoms with Gasteiger partial charge >= 0.3 is 5.97 Å². The number of fused-ring (bicyclic) bond motifs is 3. The van der Waals surface area contributed by atoms with Gasteiger partial charge in [0.2, 0.25) is 0 Å². The normalized spacial score (nSPS) is 48.6. The highest BCUT2D eigenvalue weighted by molar-refractivity contribution is 5.82. The van der Waals surface area contributed by atoms with Gasteiger partial charge in [-0.1, -0.05) is 43.4 Å². The molecule has 14 atom stereocenters. The van der Waals surface area contributed by atoms with Crippen molar-refractivity contribution in [2.24, 2.45) is 11.7 Å². The van der Waals surface area contributed by atoms with Crippen molar-refractivity contribution in [2.45, 2.75) is 145 Å². The molecule has 4 aliphatic rings. The summed E-state index contributed by atoms with van der Waals surface area (Å²) in [6.45, 7) is 5.28. The summed E-state index contributed by atoms with van der Waals surface area (Å²) in [7, 11) is 0. The first-order valence-corrected chi connectivity index (χ1v) is 16.1. The van der Waals surface area contributed by atoms with Gasteiger partial charge in [0.05, 0.1) is 48.8 Å². The van der Waals surface area contributed by atoms with Crippen molar-refractivity contribution in [3.8, 4) is 0 Å². The summed E-state index contributed by atoms with van der Waals surface area (Å²) in [5.74, 6) is -2.65. The molecule has 0 aliphatic carbocycles. The van der Waals surface area contributed by atoms with E-state index in [1.54, 1.807) is 13.0 Å². The van der Waals surface area contributed by atoms with Crippen LogP contribution in [0.25, 0.3) is 0 Å². The standard InChI is InChI=1S/C33H51NO11/c1-19-11-9-7-5-4-6-8-10-12-23(43-32-31(39)29(34)30(38)21(3)42-32)16-26-20(2)24(36)18-33(40,45-26)17-22(35)15-27-25(44-27)13-14-28(37)41-19/h4-5,7,9-10,12-14,19-27,29-32,35-36,38-40H,6,8,11,15-18,34H2,1-3H3/b5-4+,9-7+,12-10+,14-13+/t19-,20-,21?,22?,23+,24?,25?,26+,27-,29?,30-,31?,32+,33-/m1/s1. The number of hydrogen-bond donors (Lipinski definition) is 6. The van der Waals surface area contributed by atoms with Crippen molar-refractivity contribution in [1.82, 2.24) is 0 Å². The summed E-state index contributed by atoms with van der Waals surface area (Å²) >= 11 is 0. The third-order valence-electron chi connectivity index (χ3n) is 8.89. The number of aliphatic hydroxyl groups is 5. The van der Waals surface area contributed by atoms with Crippen LogP contribution in [0, 0.1) is 5.92 Å². The SMILES string of the molecule is CC1O[C@@H](O[C@H]2/C=C/CC/C=C/C=C/C[C@@H](C)OC(=O)/C=C/C3O[C@@H]3CC(O)C[C@]3(O)CC(O)[C@@H](C)[C@H](C2)O3)C(O)C(N)[C@@H]1O. The second kappa shape index (κ2) is 16.2. The van der Waals surface area contributed by atoms with E-state index in [9.17, 15) is 30.3 Å². The van der Waals surface area contributed by atoms with Crippen LogP contribution in [0.15, 0.2) is 48.6 Å². The van der Waals surface area contributed by atoms with Crippen LogP contribution in [0.1, 0.15) is 65.7 Å². The highest BCUT2D eigenvalue weighted by Crippen LogP contribution is 2.38. The molecular formula is C33H51NO11. The van der Waals surface area contributed by atoms with E-state index in [-0.39, 0.29) is 49.9 Å². The number of epoxide rings is 1. The van der Waals surface area contributed by atoms with Crippen molar-refractivity contribution < 1.29 is 54.0 Å². The van der Waals surface area contributed by atoms with E-state index in [0.29, 0.717) is 12.8 Å². The van der Waals surface area contributed by atoms with Crippen LogP contribution < -0.4 is 5.73 Å². The lowest BCUT2D eigenvalue weighted by Crippen LogP contribution is -2.61. The molecule has 0 radical (unpaired) electrons. The molecule has 3 saturated heterocycles. The second-order valence-corrected chi connectivity index (χ2v) is 12.8. The monoisotopic (exact) mass is 637 g/mol. The molecule has 12 nitrogen and oxygen atoms in total. The highest BCUT2D eigenvalue weighted by Gasteiger charge is 2.48. The lowest BCUT2D eigenvalue weighted by Gasteiger charge is -2.45. The Morgan fingerprint density at radius 1 is 0.911 bits per heavy atom. The summed E-state index contributed by atoms with van der Waals surface area (Å²) in [5, 5.41) is 54.0. The van der Waals surface area contributed by atoms with Crippen molar-refractivity contribution >= 4 is 5.97 Å². The Balaban J connectivity index is 1.50. The molecule has 0 aromatic heterocycles. The molecule has 0 spiro atoms. The van der Waals surface area contributed by atoms with Crippen LogP contribution in [0.2, 0.25) is 0 Å². The third kappa shape index (κ3) is 10.5. The largest absolute Gasteiger partial charge is 0.459 e. The van der Waals surface area contributed by atoms with E-state index in [1.807, 2.05) is 50.3 Å². The van der Waals surface area contributed by atoms with E-state index in [4.69, 9.17) is 29.4 Å². The maximum absolute atomic E-state index is 12.2. The van der Waals surface area contributed by atoms with Crippen molar-refractivity contribution in [3.05, 3.63) is 48.6 Å². The van der Waals surface area contributed by atoms with Crippen LogP contribution in [0.4, 0.5) is 0 Å². The summed E-state index contributed by atoms with van der Waals surface area (Å²) in [6.07, 6.45) is 8.27. The van der Waals surface area contributed by atoms with Crippen LogP contribution >= 0.6 is 0 Å². The first-order chi connectivity index (χ1) is 21.3. The molecule has 45 heavy (non-hydrogen) atoms. The third-order valence-corrected chi connectivity index (χ3v) is 8.89. The van der Waals surface area contributed by atoms with Crippen molar-refractivity contribution in [1.29, 1.82) is 0 Å². The van der Waals surface area contributed by atoms with Gasteiger partial charge in [-0.3, -0.25) is 0 Å². The predicted octanol–water partition coefficient (Wildman–Crippen LogP) is 1.28. The van der Waals surface area contributed by atoms with Gasteiger partial charge < -0.3 is 55.0 Å². The number of cyclic esters (lactones) is 1. The van der Waals surface area contributed by atoms with Crippen molar-refractivity contribution in [2.75, 3.05) is 0 Å². The molecule has 2 bridgehead atoms. The topological polar surface area (TPSA) is 194 Å². The molecule has 0 saturated carbocycles. The number of nitrogens with two attached hydrogens (primary N) is 1. The first-order valence-electron chi connectivity index (χ1n) is 16.1. The fourth-order valence-electron chi connectivity index (χ4n) is 6.01. The molecule has 12 heteroatoms. The Bertz CT molecular complexity index is 1080. The number of allylic oxidation sites excluding steroid dienone is 4. The predicted molar refractivity (Wildman–Crippen MR) is 163 cm³/mol. The highest BCUT2D eigenvalue weighted by atomic mass is 16.7. The summed E-state index contributed by atoms with van der Waals surface area (Å²) < 4.78 is 29.1. The number of carbonyl (C=O) groups excluding carboxylic acids is 1. The van der Waals surface area contributed by atoms with Crippen LogP contribution in [-0.2, 0) is 28.5 Å². The fraction of sp³-hybridized carbons (Fsp3) is 0.727. The zero-order chi connectivity index (χ0) is 32.7. The Hall–Kier alpha value is -1.97. The molecule has 6 unspecified atom stereocenters. The summed E-state index contributed by atoms with van der Waals surface area (Å²) in [5.41, 5.74) is 6.02. The number of ether oxygens (including phenoxy) is 5. The Kier molecular flexibility index (Phi) is 12.9. The summed E-state index contributed by atoms with van der Waals surface area (Å²) in [6, 6.07) is -0.964. The minimum atomic E-state index is -1.81. The Morgan fingerprint density at radius 3 is 2.42 bits per heavy atom. The fourth-order valence-corrected chi connectivity index (χ4v) is 6.01. The van der Waals surface area contributed by atoms with Gasteiger partial charge in [-0.15, -0.1) is 0 Å². The van der Waals surface area contributed by atoms with Gasteiger partial charge in [0.15, 0.2) is 12.1 Å². The quantitative estimate of drug-likeness (QED) is 0.145. The number of aliphatic hydroxyl groups excluding tert-OH is 4. The molecule has 7 N–H and O–H groups in total. The van der Waals surface area contributed by atoms with Gasteiger partial charge in [-0.05, 0) is 32.8 Å². The Morgan fingerprint density at radius 2 is 1.64 bits per heavy atom. The van der Waals surface area contributed by atoms with Crippen LogP contribution in [0.5, 0.6) is 0 Å². The Labute approximate surface area is 265 Å². The molecule has 3 fully saturated rings.